The molecule has 3 aromatic rings. The summed E-state index contributed by atoms with van der Waals surface area (Å²) in [4.78, 5) is 4.64. The minimum Gasteiger partial charge on any atom is -0.384 e. The van der Waals surface area contributed by atoms with Gasteiger partial charge in [0, 0.05) is 30.4 Å². The highest BCUT2D eigenvalue weighted by atomic mass is 19.1. The van der Waals surface area contributed by atoms with Crippen LogP contribution >= 0.6 is 0 Å². The monoisotopic (exact) mass is 281 g/mol. The zero-order valence-electron chi connectivity index (χ0n) is 11.9. The molecule has 2 aromatic carbocycles. The van der Waals surface area contributed by atoms with Gasteiger partial charge in [-0.25, -0.2) is 9.37 Å². The Hall–Kier alpha value is -2.36. The van der Waals surface area contributed by atoms with E-state index in [1.54, 1.807) is 6.07 Å². The van der Waals surface area contributed by atoms with Crippen LogP contribution in [-0.4, -0.2) is 16.1 Å². The topological polar surface area (TPSA) is 29.9 Å². The first-order valence-electron chi connectivity index (χ1n) is 7.29. The fourth-order valence-corrected chi connectivity index (χ4v) is 3.07. The lowest BCUT2D eigenvalue weighted by Gasteiger charge is -2.08. The second kappa shape index (κ2) is 4.58. The highest BCUT2D eigenvalue weighted by Gasteiger charge is 2.15. The van der Waals surface area contributed by atoms with Crippen LogP contribution in [0.1, 0.15) is 12.5 Å². The lowest BCUT2D eigenvalue weighted by Crippen LogP contribution is -1.98. The first-order chi connectivity index (χ1) is 10.3. The van der Waals surface area contributed by atoms with Crippen LogP contribution in [0, 0.1) is 5.82 Å². The number of hydrogen-bond donors (Lipinski definition) is 1. The van der Waals surface area contributed by atoms with Crippen LogP contribution in [0.5, 0.6) is 0 Å². The number of imidazole rings is 1. The van der Waals surface area contributed by atoms with Crippen LogP contribution in [0.3, 0.4) is 0 Å². The van der Waals surface area contributed by atoms with Gasteiger partial charge >= 0.3 is 0 Å². The molecule has 1 N–H and O–H groups in total. The van der Waals surface area contributed by atoms with Crippen LogP contribution in [0.4, 0.5) is 10.1 Å². The van der Waals surface area contributed by atoms with E-state index in [0.717, 1.165) is 36.4 Å². The lowest BCUT2D eigenvalue weighted by atomic mass is 10.1. The van der Waals surface area contributed by atoms with Crippen LogP contribution in [0.15, 0.2) is 36.4 Å². The van der Waals surface area contributed by atoms with Crippen molar-refractivity contribution in [1.29, 1.82) is 0 Å². The van der Waals surface area contributed by atoms with E-state index in [1.807, 2.05) is 0 Å². The number of hydrogen-bond acceptors (Lipinski definition) is 2. The van der Waals surface area contributed by atoms with Crippen molar-refractivity contribution < 1.29 is 4.39 Å². The van der Waals surface area contributed by atoms with Crippen molar-refractivity contribution in [2.45, 2.75) is 19.9 Å². The molecule has 3 nitrogen and oxygen atoms in total. The molecule has 21 heavy (non-hydrogen) atoms. The summed E-state index contributed by atoms with van der Waals surface area (Å²) in [6.07, 6.45) is 1.07. The number of nitrogens with one attached hydrogen (secondary N) is 1. The van der Waals surface area contributed by atoms with E-state index in [1.165, 1.54) is 23.4 Å². The number of anilines is 1. The van der Waals surface area contributed by atoms with Crippen LogP contribution in [0.2, 0.25) is 0 Å². The molecule has 1 aliphatic rings. The highest BCUT2D eigenvalue weighted by molar-refractivity contribution is 5.81. The summed E-state index contributed by atoms with van der Waals surface area (Å²) >= 11 is 0. The minimum absolute atomic E-state index is 0.245. The number of fused-ring (bicyclic) bond motifs is 2. The summed E-state index contributed by atoms with van der Waals surface area (Å²) in [5.74, 6) is 0.653. The Morgan fingerprint density at radius 1 is 1.24 bits per heavy atom. The summed E-state index contributed by atoms with van der Waals surface area (Å²) in [6.45, 7) is 3.88. The molecule has 0 unspecified atom stereocenters. The first kappa shape index (κ1) is 12.4. The zero-order valence-corrected chi connectivity index (χ0v) is 11.9. The second-order valence-electron chi connectivity index (χ2n) is 5.36. The van der Waals surface area contributed by atoms with Crippen LogP contribution < -0.4 is 5.32 Å². The van der Waals surface area contributed by atoms with E-state index in [-0.39, 0.29) is 5.82 Å². The van der Waals surface area contributed by atoms with Crippen LogP contribution in [0.25, 0.3) is 22.4 Å². The van der Waals surface area contributed by atoms with Crippen molar-refractivity contribution in [1.82, 2.24) is 9.55 Å². The maximum absolute atomic E-state index is 13.4. The normalized spacial score (nSPS) is 13.4. The zero-order chi connectivity index (χ0) is 14.4. The summed E-state index contributed by atoms with van der Waals surface area (Å²) in [5.41, 5.74) is 5.29. The van der Waals surface area contributed by atoms with Crippen molar-refractivity contribution in [3.63, 3.8) is 0 Å². The average Bonchev–Trinajstić information content (AvgIpc) is 3.09. The number of aryl methyl sites for hydroxylation is 1. The third kappa shape index (κ3) is 1.90. The van der Waals surface area contributed by atoms with Crippen molar-refractivity contribution in [2.75, 3.05) is 11.9 Å². The number of benzene rings is 2. The van der Waals surface area contributed by atoms with Crippen molar-refractivity contribution >= 4 is 16.7 Å². The van der Waals surface area contributed by atoms with E-state index in [4.69, 9.17) is 0 Å². The van der Waals surface area contributed by atoms with Crippen molar-refractivity contribution in [2.24, 2.45) is 0 Å². The Bertz CT molecular complexity index is 835. The molecule has 0 radical (unpaired) electrons. The molecule has 0 spiro atoms. The summed E-state index contributed by atoms with van der Waals surface area (Å²) in [6, 6.07) is 11.2. The summed E-state index contributed by atoms with van der Waals surface area (Å²) in [5, 5.41) is 3.39. The maximum Gasteiger partial charge on any atom is 0.141 e. The molecule has 0 saturated carbocycles. The number of halogens is 1. The minimum atomic E-state index is -0.245. The fraction of sp³-hybridized carbons (Fsp3) is 0.235. The fourth-order valence-electron chi connectivity index (χ4n) is 3.07. The molecular weight excluding hydrogens is 265 g/mol. The molecule has 1 aliphatic heterocycles. The van der Waals surface area contributed by atoms with E-state index >= 15 is 0 Å². The van der Waals surface area contributed by atoms with E-state index in [2.05, 4.69) is 40.0 Å². The third-order valence-corrected chi connectivity index (χ3v) is 4.10. The van der Waals surface area contributed by atoms with Crippen molar-refractivity contribution in [3.8, 4) is 11.4 Å². The van der Waals surface area contributed by atoms with Gasteiger partial charge in [-0.15, -0.1) is 0 Å². The van der Waals surface area contributed by atoms with E-state index in [9.17, 15) is 4.39 Å². The van der Waals surface area contributed by atoms with Gasteiger partial charge in [0.05, 0.1) is 11.0 Å². The Morgan fingerprint density at radius 3 is 3.00 bits per heavy atom. The number of nitrogens with zero attached hydrogens (tertiary/aromatic N) is 2. The Balaban J connectivity index is 1.93. The highest BCUT2D eigenvalue weighted by Crippen LogP contribution is 2.30. The summed E-state index contributed by atoms with van der Waals surface area (Å²) < 4.78 is 15.5. The van der Waals surface area contributed by atoms with Gasteiger partial charge in [0.1, 0.15) is 11.6 Å². The van der Waals surface area contributed by atoms with Gasteiger partial charge in [-0.05, 0) is 37.1 Å². The molecule has 106 valence electrons. The molecule has 4 rings (SSSR count). The van der Waals surface area contributed by atoms with Gasteiger partial charge in [-0.3, -0.25) is 0 Å². The smallest absolute Gasteiger partial charge is 0.141 e. The van der Waals surface area contributed by atoms with Crippen molar-refractivity contribution in [3.05, 3.63) is 47.8 Å². The molecular formula is C17H16FN3. The third-order valence-electron chi connectivity index (χ3n) is 4.10. The Labute approximate surface area is 122 Å². The molecule has 0 aliphatic carbocycles. The maximum atomic E-state index is 13.4. The van der Waals surface area contributed by atoms with Gasteiger partial charge in [0.25, 0.3) is 0 Å². The van der Waals surface area contributed by atoms with Gasteiger partial charge in [-0.1, -0.05) is 12.1 Å². The van der Waals surface area contributed by atoms with E-state index < -0.39 is 0 Å². The standard InChI is InChI=1S/C17H16FN3/c1-2-21-16-6-5-13(18)10-15(16)20-17(21)12-4-3-11-7-8-19-14(11)9-12/h3-6,9-10,19H,2,7-8H2,1H3. The average molecular weight is 281 g/mol. The molecule has 0 atom stereocenters. The lowest BCUT2D eigenvalue weighted by molar-refractivity contribution is 0.629. The quantitative estimate of drug-likeness (QED) is 0.773. The predicted octanol–water partition coefficient (Wildman–Crippen LogP) is 3.83. The van der Waals surface area contributed by atoms with Crippen LogP contribution in [-0.2, 0) is 13.0 Å². The largest absolute Gasteiger partial charge is 0.384 e. The second-order valence-corrected chi connectivity index (χ2v) is 5.36. The van der Waals surface area contributed by atoms with E-state index in [0.29, 0.717) is 5.52 Å². The SMILES string of the molecule is CCn1c(-c2ccc3c(c2)NCC3)nc2cc(F)ccc21. The first-order valence-corrected chi connectivity index (χ1v) is 7.29. The van der Waals surface area contributed by atoms with Gasteiger partial charge in [-0.2, -0.15) is 0 Å². The molecule has 2 heterocycles. The predicted molar refractivity (Wildman–Crippen MR) is 83.0 cm³/mol. The Kier molecular flexibility index (Phi) is 2.70. The molecule has 4 heteroatoms. The number of rotatable bonds is 2. The van der Waals surface area contributed by atoms with Gasteiger partial charge < -0.3 is 9.88 Å². The summed E-state index contributed by atoms with van der Waals surface area (Å²) in [7, 11) is 0. The molecule has 1 aromatic heterocycles. The molecule has 0 amide bonds. The number of aromatic nitrogens is 2. The molecule has 0 bridgehead atoms. The molecule has 0 saturated heterocycles. The Morgan fingerprint density at radius 2 is 2.14 bits per heavy atom. The van der Waals surface area contributed by atoms with Gasteiger partial charge in [0.2, 0.25) is 0 Å². The molecule has 0 fully saturated rings. The van der Waals surface area contributed by atoms with Gasteiger partial charge in [0.15, 0.2) is 0 Å².